The van der Waals surface area contributed by atoms with Crippen molar-refractivity contribution < 1.29 is 4.79 Å². The fraction of sp³-hybridized carbons (Fsp3) is 0.316. The second-order valence-electron chi connectivity index (χ2n) is 5.74. The molecular formula is C19H22ClNO. The standard InChI is InChI=1S/C19H22ClNO/c1-13-8-9-14(2)17(12-13)15(3)21-19(22)11-10-16-6-4-5-7-18(16)20/h4-9,12,15H,10-11H2,1-3H3,(H,21,22). The maximum Gasteiger partial charge on any atom is 0.220 e. The summed E-state index contributed by atoms with van der Waals surface area (Å²) in [6, 6.07) is 14.0. The van der Waals surface area contributed by atoms with Crippen LogP contribution in [0.3, 0.4) is 0 Å². The average molecular weight is 316 g/mol. The topological polar surface area (TPSA) is 29.1 Å². The second kappa shape index (κ2) is 7.46. The van der Waals surface area contributed by atoms with Crippen LogP contribution in [0.5, 0.6) is 0 Å². The van der Waals surface area contributed by atoms with E-state index in [0.29, 0.717) is 12.8 Å². The minimum Gasteiger partial charge on any atom is -0.350 e. The van der Waals surface area contributed by atoms with Gasteiger partial charge in [-0.15, -0.1) is 0 Å². The average Bonchev–Trinajstić information content (AvgIpc) is 2.48. The van der Waals surface area contributed by atoms with Crippen molar-refractivity contribution in [2.24, 2.45) is 0 Å². The number of halogens is 1. The maximum absolute atomic E-state index is 12.2. The minimum atomic E-state index is 0.0126. The van der Waals surface area contributed by atoms with Crippen molar-refractivity contribution >= 4 is 17.5 Å². The number of carbonyl (C=O) groups is 1. The summed E-state index contributed by atoms with van der Waals surface area (Å²) < 4.78 is 0. The summed E-state index contributed by atoms with van der Waals surface area (Å²) in [6.45, 7) is 6.16. The lowest BCUT2D eigenvalue weighted by Crippen LogP contribution is -2.27. The molecule has 0 bridgehead atoms. The van der Waals surface area contributed by atoms with Gasteiger partial charge in [-0.1, -0.05) is 53.6 Å². The number of benzene rings is 2. The predicted molar refractivity (Wildman–Crippen MR) is 92.2 cm³/mol. The van der Waals surface area contributed by atoms with E-state index in [0.717, 1.165) is 10.6 Å². The van der Waals surface area contributed by atoms with Gasteiger partial charge in [-0.3, -0.25) is 4.79 Å². The third-order valence-corrected chi connectivity index (χ3v) is 4.23. The van der Waals surface area contributed by atoms with Gasteiger partial charge in [0.05, 0.1) is 6.04 Å². The Morgan fingerprint density at radius 2 is 1.91 bits per heavy atom. The second-order valence-corrected chi connectivity index (χ2v) is 6.15. The molecule has 0 saturated heterocycles. The zero-order valence-electron chi connectivity index (χ0n) is 13.3. The summed E-state index contributed by atoms with van der Waals surface area (Å²) in [7, 11) is 0. The smallest absolute Gasteiger partial charge is 0.220 e. The third-order valence-electron chi connectivity index (χ3n) is 3.86. The molecule has 3 heteroatoms. The van der Waals surface area contributed by atoms with Crippen molar-refractivity contribution in [3.05, 3.63) is 69.7 Å². The van der Waals surface area contributed by atoms with Gasteiger partial charge in [0.15, 0.2) is 0 Å². The lowest BCUT2D eigenvalue weighted by atomic mass is 10.00. The molecule has 0 aliphatic carbocycles. The molecule has 0 spiro atoms. The Hall–Kier alpha value is -1.80. The molecule has 0 saturated carbocycles. The van der Waals surface area contributed by atoms with Gasteiger partial charge in [0.25, 0.3) is 0 Å². The number of amides is 1. The molecule has 1 N–H and O–H groups in total. The van der Waals surface area contributed by atoms with E-state index in [-0.39, 0.29) is 11.9 Å². The van der Waals surface area contributed by atoms with Gasteiger partial charge in [-0.2, -0.15) is 0 Å². The first-order valence-corrected chi connectivity index (χ1v) is 7.95. The van der Waals surface area contributed by atoms with Crippen LogP contribution in [-0.4, -0.2) is 5.91 Å². The molecule has 0 radical (unpaired) electrons. The number of aryl methyl sites for hydroxylation is 3. The Morgan fingerprint density at radius 1 is 1.18 bits per heavy atom. The molecule has 0 aliphatic rings. The van der Waals surface area contributed by atoms with E-state index in [2.05, 4.69) is 37.4 Å². The quantitative estimate of drug-likeness (QED) is 0.846. The van der Waals surface area contributed by atoms with Gasteiger partial charge in [-0.05, 0) is 49.9 Å². The van der Waals surface area contributed by atoms with Gasteiger partial charge >= 0.3 is 0 Å². The van der Waals surface area contributed by atoms with Gasteiger partial charge in [0.1, 0.15) is 0 Å². The summed E-state index contributed by atoms with van der Waals surface area (Å²) in [4.78, 5) is 12.2. The summed E-state index contributed by atoms with van der Waals surface area (Å²) in [5, 5.41) is 3.79. The molecule has 22 heavy (non-hydrogen) atoms. The highest BCUT2D eigenvalue weighted by atomic mass is 35.5. The van der Waals surface area contributed by atoms with Crippen LogP contribution in [0.15, 0.2) is 42.5 Å². The van der Waals surface area contributed by atoms with Crippen molar-refractivity contribution in [3.8, 4) is 0 Å². The summed E-state index contributed by atoms with van der Waals surface area (Å²) in [5.74, 6) is 0.0494. The normalized spacial score (nSPS) is 12.0. The zero-order valence-corrected chi connectivity index (χ0v) is 14.1. The number of rotatable bonds is 5. The first-order valence-electron chi connectivity index (χ1n) is 7.57. The Balaban J connectivity index is 1.94. The van der Waals surface area contributed by atoms with E-state index in [9.17, 15) is 4.79 Å². The zero-order chi connectivity index (χ0) is 16.1. The van der Waals surface area contributed by atoms with E-state index < -0.39 is 0 Å². The summed E-state index contributed by atoms with van der Waals surface area (Å²) in [5.41, 5.74) is 4.59. The van der Waals surface area contributed by atoms with Crippen LogP contribution in [-0.2, 0) is 11.2 Å². The Labute approximate surface area is 137 Å². The van der Waals surface area contributed by atoms with E-state index in [1.807, 2.05) is 31.2 Å². The van der Waals surface area contributed by atoms with Gasteiger partial charge in [-0.25, -0.2) is 0 Å². The van der Waals surface area contributed by atoms with Crippen molar-refractivity contribution in [1.82, 2.24) is 5.32 Å². The molecule has 0 aromatic heterocycles. The molecule has 1 unspecified atom stereocenters. The predicted octanol–water partition coefficient (Wildman–Crippen LogP) is 4.77. The molecule has 1 atom stereocenters. The van der Waals surface area contributed by atoms with Crippen LogP contribution < -0.4 is 5.32 Å². The molecule has 116 valence electrons. The highest BCUT2D eigenvalue weighted by Gasteiger charge is 2.12. The first kappa shape index (κ1) is 16.6. The van der Waals surface area contributed by atoms with Crippen LogP contribution >= 0.6 is 11.6 Å². The van der Waals surface area contributed by atoms with Crippen molar-refractivity contribution in [2.75, 3.05) is 0 Å². The molecule has 0 fully saturated rings. The fourth-order valence-corrected chi connectivity index (χ4v) is 2.80. The maximum atomic E-state index is 12.2. The van der Waals surface area contributed by atoms with E-state index in [1.54, 1.807) is 0 Å². The lowest BCUT2D eigenvalue weighted by Gasteiger charge is -2.17. The fourth-order valence-electron chi connectivity index (χ4n) is 2.57. The highest BCUT2D eigenvalue weighted by Crippen LogP contribution is 2.20. The number of hydrogen-bond donors (Lipinski definition) is 1. The Bertz CT molecular complexity index is 666. The minimum absolute atomic E-state index is 0.0126. The third kappa shape index (κ3) is 4.35. The van der Waals surface area contributed by atoms with E-state index in [1.165, 1.54) is 16.7 Å². The van der Waals surface area contributed by atoms with Crippen molar-refractivity contribution in [1.29, 1.82) is 0 Å². The summed E-state index contributed by atoms with van der Waals surface area (Å²) in [6.07, 6.45) is 1.10. The van der Waals surface area contributed by atoms with Gasteiger partial charge in [0, 0.05) is 11.4 Å². The van der Waals surface area contributed by atoms with Crippen LogP contribution in [0.25, 0.3) is 0 Å². The number of carbonyl (C=O) groups excluding carboxylic acids is 1. The van der Waals surface area contributed by atoms with Gasteiger partial charge < -0.3 is 5.32 Å². The molecule has 1 amide bonds. The summed E-state index contributed by atoms with van der Waals surface area (Å²) >= 11 is 6.12. The molecule has 0 heterocycles. The molecule has 2 rings (SSSR count). The van der Waals surface area contributed by atoms with Crippen LogP contribution in [0.2, 0.25) is 5.02 Å². The molecule has 2 aromatic rings. The van der Waals surface area contributed by atoms with Crippen LogP contribution in [0.4, 0.5) is 0 Å². The SMILES string of the molecule is Cc1ccc(C)c(C(C)NC(=O)CCc2ccccc2Cl)c1. The Kier molecular flexibility index (Phi) is 5.62. The van der Waals surface area contributed by atoms with Crippen LogP contribution in [0.1, 0.15) is 41.6 Å². The molecule has 0 aliphatic heterocycles. The monoisotopic (exact) mass is 315 g/mol. The Morgan fingerprint density at radius 3 is 2.64 bits per heavy atom. The largest absolute Gasteiger partial charge is 0.350 e. The van der Waals surface area contributed by atoms with Gasteiger partial charge in [0.2, 0.25) is 5.91 Å². The molecule has 2 nitrogen and oxygen atoms in total. The van der Waals surface area contributed by atoms with Crippen molar-refractivity contribution in [2.45, 2.75) is 39.7 Å². The highest BCUT2D eigenvalue weighted by molar-refractivity contribution is 6.31. The molecule has 2 aromatic carbocycles. The first-order chi connectivity index (χ1) is 10.5. The van der Waals surface area contributed by atoms with Crippen molar-refractivity contribution in [3.63, 3.8) is 0 Å². The lowest BCUT2D eigenvalue weighted by molar-refractivity contribution is -0.121. The van der Waals surface area contributed by atoms with Crippen LogP contribution in [0, 0.1) is 13.8 Å². The van der Waals surface area contributed by atoms with E-state index >= 15 is 0 Å². The van der Waals surface area contributed by atoms with E-state index in [4.69, 9.17) is 11.6 Å². The number of hydrogen-bond acceptors (Lipinski definition) is 1. The molecular weight excluding hydrogens is 294 g/mol. The number of nitrogens with one attached hydrogen (secondary N) is 1.